The molecule has 0 fully saturated rings. The summed E-state index contributed by atoms with van der Waals surface area (Å²) in [6, 6.07) is 17.7. The zero-order chi connectivity index (χ0) is 22.1. The van der Waals surface area contributed by atoms with Crippen LogP contribution in [-0.2, 0) is 16.0 Å². The third-order valence-electron chi connectivity index (χ3n) is 5.44. The second-order valence-corrected chi connectivity index (χ2v) is 8.54. The minimum Gasteiger partial charge on any atom is -0.480 e. The van der Waals surface area contributed by atoms with Gasteiger partial charge in [0.1, 0.15) is 11.9 Å². The number of rotatable bonds is 5. The highest BCUT2D eigenvalue weighted by molar-refractivity contribution is 14.1. The van der Waals surface area contributed by atoms with E-state index in [4.69, 9.17) is 4.74 Å². The Kier molecular flexibility index (Phi) is 5.95. The van der Waals surface area contributed by atoms with Crippen LogP contribution >= 0.6 is 22.6 Å². The van der Waals surface area contributed by atoms with Crippen molar-refractivity contribution in [2.45, 2.75) is 18.5 Å². The molecule has 0 aromatic heterocycles. The second-order valence-electron chi connectivity index (χ2n) is 7.29. The number of hydrogen-bond acceptors (Lipinski definition) is 3. The van der Waals surface area contributed by atoms with Crippen molar-refractivity contribution in [2.24, 2.45) is 0 Å². The molecular weight excluding hydrogens is 512 g/mol. The molecule has 31 heavy (non-hydrogen) atoms. The summed E-state index contributed by atoms with van der Waals surface area (Å²) in [4.78, 5) is 26.6. The zero-order valence-electron chi connectivity index (χ0n) is 16.6. The van der Waals surface area contributed by atoms with E-state index < -0.39 is 30.0 Å². The third kappa shape index (κ3) is 4.01. The Morgan fingerprint density at radius 3 is 2.16 bits per heavy atom. The average Bonchev–Trinajstić information content (AvgIpc) is 3.07. The van der Waals surface area contributed by atoms with Crippen LogP contribution in [0.4, 0.5) is 9.18 Å². The number of benzene rings is 3. The Morgan fingerprint density at radius 2 is 1.65 bits per heavy atom. The Labute approximate surface area is 192 Å². The number of carbonyl (C=O) groups is 2. The van der Waals surface area contributed by atoms with E-state index in [2.05, 4.69) is 0 Å². The van der Waals surface area contributed by atoms with Gasteiger partial charge >= 0.3 is 12.1 Å². The Balaban J connectivity index is 1.84. The Morgan fingerprint density at radius 1 is 1.06 bits per heavy atom. The molecule has 0 saturated heterocycles. The molecule has 0 radical (unpaired) electrons. The molecule has 1 aliphatic carbocycles. The van der Waals surface area contributed by atoms with Gasteiger partial charge in [-0.25, -0.2) is 14.0 Å². The molecule has 1 aliphatic rings. The van der Waals surface area contributed by atoms with Gasteiger partial charge in [0.05, 0.1) is 13.2 Å². The van der Waals surface area contributed by atoms with Gasteiger partial charge in [-0.1, -0.05) is 48.5 Å². The molecule has 3 aromatic rings. The van der Waals surface area contributed by atoms with E-state index in [9.17, 15) is 19.1 Å². The molecule has 7 heteroatoms. The molecule has 3 aromatic carbocycles. The molecule has 1 N–H and O–H groups in total. The van der Waals surface area contributed by atoms with Gasteiger partial charge in [0.2, 0.25) is 0 Å². The summed E-state index contributed by atoms with van der Waals surface area (Å²) in [7, 11) is 1.23. The monoisotopic (exact) mass is 531 g/mol. The van der Waals surface area contributed by atoms with Crippen molar-refractivity contribution in [3.63, 3.8) is 0 Å². The molecule has 5 nitrogen and oxygen atoms in total. The van der Waals surface area contributed by atoms with Crippen LogP contribution in [0.25, 0.3) is 11.1 Å². The summed E-state index contributed by atoms with van der Waals surface area (Å²) in [6.07, 6.45) is -0.811. The molecule has 4 rings (SSSR count). The Bertz CT molecular complexity index is 1100. The normalized spacial score (nSPS) is 13.3. The van der Waals surface area contributed by atoms with E-state index in [1.54, 1.807) is 6.07 Å². The van der Waals surface area contributed by atoms with E-state index in [1.165, 1.54) is 24.1 Å². The maximum atomic E-state index is 13.9. The SMILES string of the molecule is COC(=O)N(C1c2ccccc2-c2ccccc21)[C@@H](Cc1cc(F)cc(I)c1)C(=O)O. The number of amides is 1. The summed E-state index contributed by atoms with van der Waals surface area (Å²) in [5.41, 5.74) is 4.04. The van der Waals surface area contributed by atoms with Crippen molar-refractivity contribution in [1.29, 1.82) is 0 Å². The van der Waals surface area contributed by atoms with Gasteiger partial charge in [-0.3, -0.25) is 4.90 Å². The predicted molar refractivity (Wildman–Crippen MR) is 122 cm³/mol. The fraction of sp³-hybridized carbons (Fsp3) is 0.167. The van der Waals surface area contributed by atoms with Crippen LogP contribution in [0.15, 0.2) is 66.7 Å². The van der Waals surface area contributed by atoms with Crippen molar-refractivity contribution < 1.29 is 23.8 Å². The molecule has 0 bridgehead atoms. The quantitative estimate of drug-likeness (QED) is 0.456. The lowest BCUT2D eigenvalue weighted by atomic mass is 9.98. The first-order valence-electron chi connectivity index (χ1n) is 9.63. The van der Waals surface area contributed by atoms with E-state index in [0.717, 1.165) is 22.3 Å². The lowest BCUT2D eigenvalue weighted by molar-refractivity contribution is -0.143. The van der Waals surface area contributed by atoms with Crippen molar-refractivity contribution in [1.82, 2.24) is 4.90 Å². The van der Waals surface area contributed by atoms with Gasteiger partial charge in [0.15, 0.2) is 0 Å². The van der Waals surface area contributed by atoms with E-state index in [0.29, 0.717) is 9.13 Å². The summed E-state index contributed by atoms with van der Waals surface area (Å²) in [5.74, 6) is -1.64. The number of hydrogen-bond donors (Lipinski definition) is 1. The van der Waals surface area contributed by atoms with Crippen LogP contribution in [-0.4, -0.2) is 35.2 Å². The number of fused-ring (bicyclic) bond motifs is 3. The second kappa shape index (κ2) is 8.66. The van der Waals surface area contributed by atoms with Gasteiger partial charge in [-0.15, -0.1) is 0 Å². The standard InChI is InChI=1S/C24H19FINO4/c1-31-24(30)27(21(23(28)29)12-14-10-15(25)13-16(26)11-14)22-19-8-4-2-6-17(19)18-7-3-5-9-20(18)22/h2-11,13,21-22H,12H2,1H3,(H,28,29)/t21-/m0/s1. The van der Waals surface area contributed by atoms with Gasteiger partial charge in [0.25, 0.3) is 0 Å². The first-order valence-corrected chi connectivity index (χ1v) is 10.7. The van der Waals surface area contributed by atoms with E-state index in [-0.39, 0.29) is 6.42 Å². The molecule has 0 unspecified atom stereocenters. The number of methoxy groups -OCH3 is 1. The summed E-state index contributed by atoms with van der Waals surface area (Å²) < 4.78 is 19.6. The lowest BCUT2D eigenvalue weighted by Crippen LogP contribution is -2.48. The number of aliphatic carboxylic acids is 1. The molecule has 0 heterocycles. The molecule has 0 saturated carbocycles. The molecule has 0 aliphatic heterocycles. The topological polar surface area (TPSA) is 66.8 Å². The molecule has 1 atom stereocenters. The summed E-state index contributed by atoms with van der Waals surface area (Å²) >= 11 is 1.98. The third-order valence-corrected chi connectivity index (χ3v) is 6.06. The van der Waals surface area contributed by atoms with E-state index >= 15 is 0 Å². The number of nitrogens with zero attached hydrogens (tertiary/aromatic N) is 1. The molecule has 1 amide bonds. The maximum Gasteiger partial charge on any atom is 0.411 e. The van der Waals surface area contributed by atoms with Crippen LogP contribution in [0, 0.1) is 9.39 Å². The van der Waals surface area contributed by atoms with Crippen molar-refractivity contribution >= 4 is 34.7 Å². The average molecular weight is 531 g/mol. The van der Waals surface area contributed by atoms with Crippen molar-refractivity contribution in [2.75, 3.05) is 7.11 Å². The molecule has 158 valence electrons. The minimum absolute atomic E-state index is 0.0565. The van der Waals surface area contributed by atoms with Gasteiger partial charge in [0, 0.05) is 9.99 Å². The molecular formula is C24H19FINO4. The largest absolute Gasteiger partial charge is 0.480 e. The highest BCUT2D eigenvalue weighted by Crippen LogP contribution is 2.47. The first-order chi connectivity index (χ1) is 14.9. The van der Waals surface area contributed by atoms with Crippen LogP contribution in [0.3, 0.4) is 0 Å². The van der Waals surface area contributed by atoms with Gasteiger partial charge < -0.3 is 9.84 Å². The number of carboxylic acid groups (broad SMARTS) is 1. The van der Waals surface area contributed by atoms with Crippen LogP contribution in [0.1, 0.15) is 22.7 Å². The van der Waals surface area contributed by atoms with Crippen LogP contribution in [0.2, 0.25) is 0 Å². The Hall–Kier alpha value is -2.94. The highest BCUT2D eigenvalue weighted by atomic mass is 127. The number of carbonyl (C=O) groups excluding carboxylic acids is 1. The number of halogens is 2. The maximum absolute atomic E-state index is 13.9. The first kappa shape index (κ1) is 21.3. The fourth-order valence-corrected chi connectivity index (χ4v) is 4.90. The van der Waals surface area contributed by atoms with Crippen LogP contribution in [0.5, 0.6) is 0 Å². The highest BCUT2D eigenvalue weighted by Gasteiger charge is 2.42. The van der Waals surface area contributed by atoms with Crippen molar-refractivity contribution in [3.8, 4) is 11.1 Å². The molecule has 0 spiro atoms. The van der Waals surface area contributed by atoms with Gasteiger partial charge in [-0.2, -0.15) is 0 Å². The van der Waals surface area contributed by atoms with Crippen molar-refractivity contribution in [3.05, 3.63) is 92.8 Å². The fourth-order valence-electron chi connectivity index (χ4n) is 4.20. The number of carboxylic acids is 1. The smallest absolute Gasteiger partial charge is 0.411 e. The summed E-state index contributed by atoms with van der Waals surface area (Å²) in [5, 5.41) is 10.1. The lowest BCUT2D eigenvalue weighted by Gasteiger charge is -2.34. The minimum atomic E-state index is -1.26. The number of ether oxygens (including phenoxy) is 1. The predicted octanol–water partition coefficient (Wildman–Crippen LogP) is 5.26. The summed E-state index contributed by atoms with van der Waals surface area (Å²) in [6.45, 7) is 0. The van der Waals surface area contributed by atoms with Crippen LogP contribution < -0.4 is 0 Å². The zero-order valence-corrected chi connectivity index (χ0v) is 18.7. The van der Waals surface area contributed by atoms with E-state index in [1.807, 2.05) is 71.1 Å². The van der Waals surface area contributed by atoms with Gasteiger partial charge in [-0.05, 0) is 68.6 Å².